The second-order valence-electron chi connectivity index (χ2n) is 5.44. The van der Waals surface area contributed by atoms with Crippen molar-refractivity contribution in [3.05, 3.63) is 29.3 Å². The van der Waals surface area contributed by atoms with E-state index in [1.807, 2.05) is 12.1 Å². The molecule has 3 nitrogen and oxygen atoms in total. The molecule has 0 radical (unpaired) electrons. The fraction of sp³-hybridized carbons (Fsp3) is 0.500. The molecular formula is C14H17ClN2O. The van der Waals surface area contributed by atoms with Crippen LogP contribution in [0.1, 0.15) is 19.3 Å². The molecule has 96 valence electrons. The Balaban J connectivity index is 1.72. The maximum absolute atomic E-state index is 12.3. The van der Waals surface area contributed by atoms with Gasteiger partial charge in [0.05, 0.1) is 5.92 Å². The monoisotopic (exact) mass is 264 g/mol. The minimum atomic E-state index is -0.0252. The van der Waals surface area contributed by atoms with Gasteiger partial charge in [-0.05, 0) is 49.3 Å². The minimum absolute atomic E-state index is 0.0252. The summed E-state index contributed by atoms with van der Waals surface area (Å²) in [5.74, 6) is 1.05. The molecule has 1 aromatic carbocycles. The van der Waals surface area contributed by atoms with E-state index in [0.717, 1.165) is 18.5 Å². The fourth-order valence-electron chi connectivity index (χ4n) is 3.52. The van der Waals surface area contributed by atoms with Crippen LogP contribution >= 0.6 is 11.6 Å². The zero-order valence-corrected chi connectivity index (χ0v) is 10.9. The first-order valence-corrected chi connectivity index (χ1v) is 6.85. The van der Waals surface area contributed by atoms with Crippen molar-refractivity contribution in [3.63, 3.8) is 0 Å². The second-order valence-corrected chi connectivity index (χ2v) is 5.87. The molecule has 4 heteroatoms. The van der Waals surface area contributed by atoms with Gasteiger partial charge >= 0.3 is 0 Å². The molecule has 2 fully saturated rings. The number of hydrogen-bond donors (Lipinski definition) is 2. The van der Waals surface area contributed by atoms with Crippen LogP contribution in [0.2, 0.25) is 5.02 Å². The predicted octanol–water partition coefficient (Wildman–Crippen LogP) is 2.65. The number of hydrogen-bond acceptors (Lipinski definition) is 2. The zero-order valence-electron chi connectivity index (χ0n) is 10.1. The van der Waals surface area contributed by atoms with Crippen LogP contribution in [0.3, 0.4) is 0 Å². The van der Waals surface area contributed by atoms with Crippen LogP contribution in [-0.4, -0.2) is 11.9 Å². The Morgan fingerprint density at radius 1 is 1.33 bits per heavy atom. The molecule has 2 saturated carbocycles. The molecule has 3 rings (SSSR count). The molecule has 2 aliphatic rings. The van der Waals surface area contributed by atoms with E-state index in [9.17, 15) is 4.79 Å². The number of carbonyl (C=O) groups excluding carboxylic acids is 1. The quantitative estimate of drug-likeness (QED) is 0.863. The van der Waals surface area contributed by atoms with Gasteiger partial charge in [0.25, 0.3) is 0 Å². The number of anilines is 1. The van der Waals surface area contributed by atoms with E-state index in [-0.39, 0.29) is 17.9 Å². The smallest absolute Gasteiger partial charge is 0.229 e. The lowest BCUT2D eigenvalue weighted by Crippen LogP contribution is -2.42. The Hall–Kier alpha value is -1.06. The number of carbonyl (C=O) groups is 1. The average molecular weight is 265 g/mol. The molecule has 2 aliphatic carbocycles. The van der Waals surface area contributed by atoms with Crippen LogP contribution in [0.4, 0.5) is 5.69 Å². The van der Waals surface area contributed by atoms with Crippen molar-refractivity contribution in [3.8, 4) is 0 Å². The number of nitrogens with one attached hydrogen (secondary N) is 1. The van der Waals surface area contributed by atoms with Gasteiger partial charge in [-0.1, -0.05) is 17.7 Å². The van der Waals surface area contributed by atoms with E-state index >= 15 is 0 Å². The van der Waals surface area contributed by atoms with E-state index in [1.54, 1.807) is 12.1 Å². The van der Waals surface area contributed by atoms with E-state index in [2.05, 4.69) is 5.32 Å². The van der Waals surface area contributed by atoms with Crippen molar-refractivity contribution in [1.82, 2.24) is 0 Å². The van der Waals surface area contributed by atoms with Crippen LogP contribution < -0.4 is 11.1 Å². The maximum Gasteiger partial charge on any atom is 0.229 e. The molecule has 2 bridgehead atoms. The molecule has 0 heterocycles. The molecule has 0 saturated heterocycles. The lowest BCUT2D eigenvalue weighted by molar-refractivity contribution is -0.121. The van der Waals surface area contributed by atoms with Gasteiger partial charge in [-0.3, -0.25) is 4.79 Å². The van der Waals surface area contributed by atoms with Gasteiger partial charge in [-0.25, -0.2) is 0 Å². The molecular weight excluding hydrogens is 248 g/mol. The first-order valence-electron chi connectivity index (χ1n) is 6.47. The van der Waals surface area contributed by atoms with E-state index < -0.39 is 0 Å². The third-order valence-electron chi connectivity index (χ3n) is 4.38. The van der Waals surface area contributed by atoms with Gasteiger partial charge in [-0.2, -0.15) is 0 Å². The Morgan fingerprint density at radius 3 is 2.78 bits per heavy atom. The lowest BCUT2D eigenvalue weighted by Gasteiger charge is -2.27. The zero-order chi connectivity index (χ0) is 12.7. The standard InChI is InChI=1S/C14H17ClN2O/c15-10-2-1-3-11(7-10)17-14(18)12-8-4-5-9(6-8)13(12)16/h1-3,7-9,12-13H,4-6,16H2,(H,17,18). The number of halogens is 1. The molecule has 4 unspecified atom stereocenters. The average Bonchev–Trinajstić information content (AvgIpc) is 2.89. The third-order valence-corrected chi connectivity index (χ3v) is 4.61. The highest BCUT2D eigenvalue weighted by Crippen LogP contribution is 2.47. The molecule has 0 spiro atoms. The molecule has 1 aromatic rings. The van der Waals surface area contributed by atoms with Crippen LogP contribution in [0, 0.1) is 17.8 Å². The summed E-state index contributed by atoms with van der Waals surface area (Å²) in [6, 6.07) is 7.27. The Labute approximate surface area is 112 Å². The van der Waals surface area contributed by atoms with Crippen molar-refractivity contribution >= 4 is 23.2 Å². The predicted molar refractivity (Wildman–Crippen MR) is 72.4 cm³/mol. The van der Waals surface area contributed by atoms with Crippen LogP contribution in [0.15, 0.2) is 24.3 Å². The van der Waals surface area contributed by atoms with Gasteiger partial charge in [0.1, 0.15) is 0 Å². The minimum Gasteiger partial charge on any atom is -0.327 e. The molecule has 1 amide bonds. The van der Waals surface area contributed by atoms with Gasteiger partial charge in [0.15, 0.2) is 0 Å². The summed E-state index contributed by atoms with van der Waals surface area (Å²) in [5, 5.41) is 3.57. The molecule has 18 heavy (non-hydrogen) atoms. The van der Waals surface area contributed by atoms with Crippen molar-refractivity contribution in [2.75, 3.05) is 5.32 Å². The summed E-state index contributed by atoms with van der Waals surface area (Å²) in [5.41, 5.74) is 6.91. The van der Waals surface area contributed by atoms with E-state index in [0.29, 0.717) is 16.9 Å². The van der Waals surface area contributed by atoms with E-state index in [4.69, 9.17) is 17.3 Å². The normalized spacial score (nSPS) is 33.7. The highest BCUT2D eigenvalue weighted by atomic mass is 35.5. The van der Waals surface area contributed by atoms with E-state index in [1.165, 1.54) is 6.42 Å². The van der Waals surface area contributed by atoms with Gasteiger partial charge in [0, 0.05) is 16.8 Å². The SMILES string of the molecule is NC1C2CCC(C2)C1C(=O)Nc1cccc(Cl)c1. The number of nitrogens with two attached hydrogens (primary N) is 1. The largest absolute Gasteiger partial charge is 0.327 e. The summed E-state index contributed by atoms with van der Waals surface area (Å²) in [6.45, 7) is 0. The summed E-state index contributed by atoms with van der Waals surface area (Å²) in [4.78, 5) is 12.3. The maximum atomic E-state index is 12.3. The molecule has 3 N–H and O–H groups in total. The fourth-order valence-corrected chi connectivity index (χ4v) is 3.71. The Morgan fingerprint density at radius 2 is 2.11 bits per heavy atom. The molecule has 0 aromatic heterocycles. The van der Waals surface area contributed by atoms with Crippen molar-refractivity contribution in [2.45, 2.75) is 25.3 Å². The van der Waals surface area contributed by atoms with Crippen molar-refractivity contribution in [2.24, 2.45) is 23.5 Å². The summed E-state index contributed by atoms with van der Waals surface area (Å²) >= 11 is 5.90. The van der Waals surface area contributed by atoms with Crippen LogP contribution in [0.5, 0.6) is 0 Å². The molecule has 0 aliphatic heterocycles. The summed E-state index contributed by atoms with van der Waals surface area (Å²) in [6.07, 6.45) is 3.45. The number of amides is 1. The number of benzene rings is 1. The van der Waals surface area contributed by atoms with Gasteiger partial charge in [0.2, 0.25) is 5.91 Å². The highest BCUT2D eigenvalue weighted by molar-refractivity contribution is 6.30. The topological polar surface area (TPSA) is 55.1 Å². The lowest BCUT2D eigenvalue weighted by atomic mass is 9.84. The Kier molecular flexibility index (Phi) is 3.04. The second kappa shape index (κ2) is 4.56. The molecule has 4 atom stereocenters. The van der Waals surface area contributed by atoms with Crippen molar-refractivity contribution < 1.29 is 4.79 Å². The highest BCUT2D eigenvalue weighted by Gasteiger charge is 2.49. The van der Waals surface area contributed by atoms with Crippen molar-refractivity contribution in [1.29, 1.82) is 0 Å². The van der Waals surface area contributed by atoms with Crippen LogP contribution in [0.25, 0.3) is 0 Å². The number of rotatable bonds is 2. The first-order chi connectivity index (χ1) is 8.65. The summed E-state index contributed by atoms with van der Waals surface area (Å²) in [7, 11) is 0. The number of fused-ring (bicyclic) bond motifs is 2. The van der Waals surface area contributed by atoms with Gasteiger partial charge in [-0.15, -0.1) is 0 Å². The van der Waals surface area contributed by atoms with Crippen LogP contribution in [-0.2, 0) is 4.79 Å². The third kappa shape index (κ3) is 2.02. The summed E-state index contributed by atoms with van der Waals surface area (Å²) < 4.78 is 0. The first kappa shape index (κ1) is 12.0. The Bertz CT molecular complexity index is 475. The van der Waals surface area contributed by atoms with Gasteiger partial charge < -0.3 is 11.1 Å².